The largest absolute Gasteiger partial charge is 0.452 e. The van der Waals surface area contributed by atoms with E-state index in [1.54, 1.807) is 5.38 Å². The summed E-state index contributed by atoms with van der Waals surface area (Å²) in [5.41, 5.74) is -0.190. The highest BCUT2D eigenvalue weighted by Crippen LogP contribution is 2.35. The van der Waals surface area contributed by atoms with Gasteiger partial charge in [0.1, 0.15) is 23.9 Å². The van der Waals surface area contributed by atoms with Crippen LogP contribution >= 0.6 is 11.3 Å². The number of carbonyl (C=O) groups excluding carboxylic acids is 1. The first kappa shape index (κ1) is 25.1. The fourth-order valence-electron chi connectivity index (χ4n) is 4.33. The van der Waals surface area contributed by atoms with Crippen LogP contribution in [0.1, 0.15) is 53.3 Å². The molecule has 0 N–H and O–H groups in total. The van der Waals surface area contributed by atoms with Crippen molar-refractivity contribution < 1.29 is 36.1 Å². The summed E-state index contributed by atoms with van der Waals surface area (Å²) in [6.45, 7) is 0.0436. The number of likely N-dealkylation sites (tertiary alicyclic amines) is 1. The SMILES string of the molecule is O=C(Cn1oc(C(F)(F)F)cc1=O)N1CCC(c2nc(C3=NOC(c4c(F)cccc4F)C3)cs2)CC1. The van der Waals surface area contributed by atoms with E-state index in [0.717, 1.165) is 17.1 Å². The number of nitrogens with zero attached hydrogens (tertiary/aromatic N) is 4. The van der Waals surface area contributed by atoms with Gasteiger partial charge in [-0.25, -0.2) is 13.8 Å². The number of piperidine rings is 1. The minimum absolute atomic E-state index is 0.0358. The summed E-state index contributed by atoms with van der Waals surface area (Å²) < 4.78 is 71.2. The summed E-state index contributed by atoms with van der Waals surface area (Å²) in [5, 5.41) is 6.57. The Labute approximate surface area is 209 Å². The van der Waals surface area contributed by atoms with E-state index in [1.807, 2.05) is 0 Å². The van der Waals surface area contributed by atoms with Gasteiger partial charge in [0.2, 0.25) is 11.7 Å². The number of aromatic nitrogens is 2. The predicted molar refractivity (Wildman–Crippen MR) is 120 cm³/mol. The normalized spacial score (nSPS) is 18.7. The number of amides is 1. The molecular formula is C23H19F5N4O4S. The number of benzene rings is 1. The van der Waals surface area contributed by atoms with Gasteiger partial charge in [-0.05, 0) is 25.0 Å². The maximum Gasteiger partial charge on any atom is 0.452 e. The third-order valence-corrected chi connectivity index (χ3v) is 7.28. The molecule has 0 aliphatic carbocycles. The molecule has 3 aromatic rings. The number of thiazole rings is 1. The van der Waals surface area contributed by atoms with Crippen molar-refractivity contribution in [3.8, 4) is 0 Å². The molecule has 2 aliphatic rings. The van der Waals surface area contributed by atoms with E-state index >= 15 is 0 Å². The number of hydrogen-bond acceptors (Lipinski definition) is 7. The second kappa shape index (κ2) is 9.72. The molecule has 1 saturated heterocycles. The van der Waals surface area contributed by atoms with Gasteiger partial charge in [0.15, 0.2) is 6.10 Å². The highest BCUT2D eigenvalue weighted by Gasteiger charge is 2.37. The first-order chi connectivity index (χ1) is 17.6. The van der Waals surface area contributed by atoms with Crippen molar-refractivity contribution in [2.24, 2.45) is 5.16 Å². The van der Waals surface area contributed by atoms with Gasteiger partial charge in [-0.3, -0.25) is 9.59 Å². The van der Waals surface area contributed by atoms with E-state index in [1.165, 1.54) is 22.3 Å². The molecule has 37 heavy (non-hydrogen) atoms. The van der Waals surface area contributed by atoms with E-state index in [2.05, 4.69) is 14.7 Å². The molecule has 14 heteroatoms. The van der Waals surface area contributed by atoms with E-state index in [9.17, 15) is 31.5 Å². The molecule has 8 nitrogen and oxygen atoms in total. The summed E-state index contributed by atoms with van der Waals surface area (Å²) in [5.74, 6) is -3.36. The van der Waals surface area contributed by atoms with Crippen molar-refractivity contribution in [2.75, 3.05) is 13.1 Å². The Hall–Kier alpha value is -3.55. The van der Waals surface area contributed by atoms with Crippen LogP contribution in [0.3, 0.4) is 0 Å². The number of rotatable bonds is 5. The third-order valence-electron chi connectivity index (χ3n) is 6.27. The molecule has 0 radical (unpaired) electrons. The first-order valence-electron chi connectivity index (χ1n) is 11.3. The molecule has 0 spiro atoms. The zero-order valence-electron chi connectivity index (χ0n) is 19.0. The standard InChI is InChI=1S/C23H19F5N4O4S/c24-13-2-1-3-14(25)21(13)17-8-15(30-35-17)16-11-37-22(29-16)12-4-6-31(7-5-12)20(34)10-32-19(33)9-18(36-32)23(26,27)28/h1-3,9,11-12,17H,4-8,10H2. The van der Waals surface area contributed by atoms with Crippen LogP contribution in [0.4, 0.5) is 22.0 Å². The number of alkyl halides is 3. The molecule has 5 rings (SSSR count). The highest BCUT2D eigenvalue weighted by molar-refractivity contribution is 7.10. The van der Waals surface area contributed by atoms with Crippen molar-refractivity contribution in [3.05, 3.63) is 73.7 Å². The Balaban J connectivity index is 1.17. The molecule has 4 heterocycles. The van der Waals surface area contributed by atoms with E-state index < -0.39 is 47.7 Å². The van der Waals surface area contributed by atoms with Crippen LogP contribution in [0.25, 0.3) is 0 Å². The molecule has 1 amide bonds. The molecule has 2 aromatic heterocycles. The number of carbonyl (C=O) groups is 1. The minimum atomic E-state index is -4.82. The van der Waals surface area contributed by atoms with Gasteiger partial charge in [0.05, 0.1) is 22.3 Å². The molecule has 1 aromatic carbocycles. The summed E-state index contributed by atoms with van der Waals surface area (Å²) in [4.78, 5) is 35.6. The Morgan fingerprint density at radius 1 is 1.16 bits per heavy atom. The molecular weight excluding hydrogens is 523 g/mol. The van der Waals surface area contributed by atoms with Crippen LogP contribution < -0.4 is 5.56 Å². The Kier molecular flexibility index (Phi) is 6.60. The average Bonchev–Trinajstić information content (AvgIpc) is 3.59. The molecule has 1 atom stereocenters. The van der Waals surface area contributed by atoms with Crippen molar-refractivity contribution in [1.29, 1.82) is 0 Å². The van der Waals surface area contributed by atoms with Gasteiger partial charge in [0, 0.05) is 30.8 Å². The van der Waals surface area contributed by atoms with Crippen molar-refractivity contribution >= 4 is 23.0 Å². The number of halogens is 5. The summed E-state index contributed by atoms with van der Waals surface area (Å²) >= 11 is 1.40. The highest BCUT2D eigenvalue weighted by atomic mass is 32.1. The van der Waals surface area contributed by atoms with Gasteiger partial charge in [-0.15, -0.1) is 11.3 Å². The fourth-order valence-corrected chi connectivity index (χ4v) is 5.33. The minimum Gasteiger partial charge on any atom is -0.387 e. The summed E-state index contributed by atoms with van der Waals surface area (Å²) in [6.07, 6.45) is -4.42. The van der Waals surface area contributed by atoms with Gasteiger partial charge in [-0.2, -0.15) is 17.9 Å². The molecule has 2 aliphatic heterocycles. The van der Waals surface area contributed by atoms with Gasteiger partial charge in [-0.1, -0.05) is 11.2 Å². The lowest BCUT2D eigenvalue weighted by molar-refractivity contribution is -0.159. The molecule has 196 valence electrons. The average molecular weight is 542 g/mol. The van der Waals surface area contributed by atoms with Crippen LogP contribution in [0.2, 0.25) is 0 Å². The first-order valence-corrected chi connectivity index (χ1v) is 12.2. The van der Waals surface area contributed by atoms with Crippen molar-refractivity contribution in [2.45, 2.75) is 44.0 Å². The number of oxime groups is 1. The lowest BCUT2D eigenvalue weighted by Crippen LogP contribution is -2.40. The maximum atomic E-state index is 14.1. The third kappa shape index (κ3) is 5.15. The topological polar surface area (TPSA) is 89.9 Å². The zero-order chi connectivity index (χ0) is 26.3. The van der Waals surface area contributed by atoms with Gasteiger partial charge in [0.25, 0.3) is 5.56 Å². The van der Waals surface area contributed by atoms with Crippen molar-refractivity contribution in [3.63, 3.8) is 0 Å². The van der Waals surface area contributed by atoms with E-state index in [-0.39, 0.29) is 17.9 Å². The molecule has 1 unspecified atom stereocenters. The van der Waals surface area contributed by atoms with Crippen LogP contribution in [0.5, 0.6) is 0 Å². The number of hydrogen-bond donors (Lipinski definition) is 0. The van der Waals surface area contributed by atoms with Crippen molar-refractivity contribution in [1.82, 2.24) is 14.6 Å². The van der Waals surface area contributed by atoms with Crippen LogP contribution in [-0.2, 0) is 22.4 Å². The second-order valence-corrected chi connectivity index (χ2v) is 9.56. The Morgan fingerprint density at radius 3 is 2.51 bits per heavy atom. The van der Waals surface area contributed by atoms with Crippen LogP contribution in [0.15, 0.2) is 44.1 Å². The van der Waals surface area contributed by atoms with Gasteiger partial charge >= 0.3 is 6.18 Å². The molecule has 0 saturated carbocycles. The quantitative estimate of drug-likeness (QED) is 0.444. The van der Waals surface area contributed by atoms with Crippen LogP contribution in [-0.4, -0.2) is 39.3 Å². The van der Waals surface area contributed by atoms with Crippen LogP contribution in [0, 0.1) is 11.6 Å². The lowest BCUT2D eigenvalue weighted by Gasteiger charge is -2.31. The smallest absolute Gasteiger partial charge is 0.387 e. The molecule has 1 fully saturated rings. The lowest BCUT2D eigenvalue weighted by atomic mass is 9.97. The Morgan fingerprint density at radius 2 is 1.86 bits per heavy atom. The molecule has 0 bridgehead atoms. The predicted octanol–water partition coefficient (Wildman–Crippen LogP) is 4.47. The second-order valence-electron chi connectivity index (χ2n) is 8.67. The fraction of sp³-hybridized carbons (Fsp3) is 0.391. The summed E-state index contributed by atoms with van der Waals surface area (Å²) in [6, 6.07) is 3.90. The van der Waals surface area contributed by atoms with E-state index in [4.69, 9.17) is 4.84 Å². The Bertz CT molecular complexity index is 1380. The van der Waals surface area contributed by atoms with E-state index in [0.29, 0.717) is 48.1 Å². The summed E-state index contributed by atoms with van der Waals surface area (Å²) in [7, 11) is 0. The maximum absolute atomic E-state index is 14.1. The zero-order valence-corrected chi connectivity index (χ0v) is 19.8. The monoisotopic (exact) mass is 542 g/mol. The van der Waals surface area contributed by atoms with Gasteiger partial charge < -0.3 is 14.3 Å².